The Balaban J connectivity index is 1.84. The summed E-state index contributed by atoms with van der Waals surface area (Å²) in [5, 5.41) is 3.71. The maximum atomic E-state index is 13.2. The zero-order chi connectivity index (χ0) is 19.4. The van der Waals surface area contributed by atoms with Gasteiger partial charge in [-0.3, -0.25) is 4.79 Å². The maximum Gasteiger partial charge on any atom is 0.255 e. The Labute approximate surface area is 178 Å². The van der Waals surface area contributed by atoms with E-state index in [4.69, 9.17) is 34.8 Å². The van der Waals surface area contributed by atoms with Gasteiger partial charge in [-0.25, -0.2) is 0 Å². The van der Waals surface area contributed by atoms with Crippen LogP contribution in [0.15, 0.2) is 53.9 Å². The average Bonchev–Trinajstić information content (AvgIpc) is 3.04. The summed E-state index contributed by atoms with van der Waals surface area (Å²) in [6.07, 6.45) is 0.636. The van der Waals surface area contributed by atoms with E-state index in [0.29, 0.717) is 40.1 Å². The van der Waals surface area contributed by atoms with Crippen LogP contribution in [-0.4, -0.2) is 17.4 Å². The van der Waals surface area contributed by atoms with Gasteiger partial charge in [0, 0.05) is 21.5 Å². The molecule has 0 fully saturated rings. The summed E-state index contributed by atoms with van der Waals surface area (Å²) >= 11 is 20.2. The van der Waals surface area contributed by atoms with E-state index in [9.17, 15) is 4.79 Å². The number of nitrogens with zero attached hydrogens (tertiary/aromatic N) is 1. The first-order valence-corrected chi connectivity index (χ1v) is 10.5. The Bertz CT molecular complexity index is 954. The second-order valence-corrected chi connectivity index (χ2v) is 8.47. The molecule has 0 spiro atoms. The number of amides is 1. The van der Waals surface area contributed by atoms with Crippen molar-refractivity contribution in [2.45, 2.75) is 19.9 Å². The van der Waals surface area contributed by atoms with Gasteiger partial charge in [-0.2, -0.15) is 0 Å². The normalized spacial score (nSPS) is 10.8. The molecular formula is C21H18Cl3NOS. The number of carbonyl (C=O) groups is 1. The molecule has 0 aliphatic heterocycles. The fourth-order valence-corrected chi connectivity index (χ4v) is 4.42. The smallest absolute Gasteiger partial charge is 0.255 e. The molecule has 3 aromatic rings. The molecule has 27 heavy (non-hydrogen) atoms. The molecule has 1 heterocycles. The topological polar surface area (TPSA) is 20.3 Å². The van der Waals surface area contributed by atoms with Crippen molar-refractivity contribution in [2.75, 3.05) is 6.54 Å². The maximum absolute atomic E-state index is 13.2. The van der Waals surface area contributed by atoms with Crippen molar-refractivity contribution in [3.63, 3.8) is 0 Å². The molecular weight excluding hydrogens is 421 g/mol. The van der Waals surface area contributed by atoms with Crippen LogP contribution in [0.4, 0.5) is 0 Å². The predicted molar refractivity (Wildman–Crippen MR) is 115 cm³/mol. The van der Waals surface area contributed by atoms with E-state index in [1.165, 1.54) is 5.56 Å². The molecule has 0 saturated carbocycles. The van der Waals surface area contributed by atoms with Crippen LogP contribution in [-0.2, 0) is 13.0 Å². The zero-order valence-electron chi connectivity index (χ0n) is 14.7. The molecule has 0 bridgehead atoms. The van der Waals surface area contributed by atoms with Gasteiger partial charge in [0.15, 0.2) is 0 Å². The average molecular weight is 439 g/mol. The zero-order valence-corrected chi connectivity index (χ0v) is 17.8. The Morgan fingerprint density at radius 1 is 1.04 bits per heavy atom. The lowest BCUT2D eigenvalue weighted by molar-refractivity contribution is 0.0746. The third-order valence-corrected chi connectivity index (χ3v) is 6.28. The quantitative estimate of drug-likeness (QED) is 0.410. The van der Waals surface area contributed by atoms with E-state index in [1.54, 1.807) is 29.5 Å². The minimum atomic E-state index is -0.0847. The lowest BCUT2D eigenvalue weighted by Gasteiger charge is -2.23. The monoisotopic (exact) mass is 437 g/mol. The van der Waals surface area contributed by atoms with E-state index in [-0.39, 0.29) is 5.91 Å². The first-order valence-electron chi connectivity index (χ1n) is 8.46. The van der Waals surface area contributed by atoms with Gasteiger partial charge >= 0.3 is 0 Å². The number of carbonyl (C=O) groups excluding carboxylic acids is 1. The minimum Gasteiger partial charge on any atom is -0.333 e. The lowest BCUT2D eigenvalue weighted by atomic mass is 10.1. The van der Waals surface area contributed by atoms with Gasteiger partial charge in [-0.05, 0) is 60.2 Å². The summed E-state index contributed by atoms with van der Waals surface area (Å²) in [7, 11) is 0. The highest BCUT2D eigenvalue weighted by Crippen LogP contribution is 2.25. The molecule has 2 nitrogen and oxygen atoms in total. The summed E-state index contributed by atoms with van der Waals surface area (Å²) < 4.78 is 0. The van der Waals surface area contributed by atoms with Crippen molar-refractivity contribution < 1.29 is 4.79 Å². The Morgan fingerprint density at radius 3 is 2.48 bits per heavy atom. The molecule has 2 aromatic carbocycles. The van der Waals surface area contributed by atoms with Gasteiger partial charge in [-0.1, -0.05) is 53.0 Å². The van der Waals surface area contributed by atoms with Gasteiger partial charge in [-0.15, -0.1) is 11.3 Å². The molecule has 6 heteroatoms. The third kappa shape index (κ3) is 5.05. The van der Waals surface area contributed by atoms with E-state index >= 15 is 0 Å². The molecule has 0 unspecified atom stereocenters. The molecule has 0 radical (unpaired) electrons. The van der Waals surface area contributed by atoms with Gasteiger partial charge in [0.2, 0.25) is 0 Å². The van der Waals surface area contributed by atoms with Gasteiger partial charge in [0.05, 0.1) is 17.1 Å². The number of thiophene rings is 1. The molecule has 0 N–H and O–H groups in total. The summed E-state index contributed by atoms with van der Waals surface area (Å²) in [4.78, 5) is 16.1. The van der Waals surface area contributed by atoms with Crippen LogP contribution in [0.25, 0.3) is 0 Å². The van der Waals surface area contributed by atoms with E-state index in [2.05, 4.69) is 13.0 Å². The molecule has 1 aromatic heterocycles. The standard InChI is InChI=1S/C21H18Cl3NOS/c1-14-9-11-27-20(14)13-25(21(26)17-4-2-3-5-18(17)23)10-8-15-6-7-16(22)12-19(15)24/h2-7,9,11-12H,8,10,13H2,1H3. The van der Waals surface area contributed by atoms with Crippen LogP contribution < -0.4 is 0 Å². The summed E-state index contributed by atoms with van der Waals surface area (Å²) in [6, 6.07) is 14.6. The fourth-order valence-electron chi connectivity index (χ4n) is 2.78. The second kappa shape index (κ2) is 9.11. The van der Waals surface area contributed by atoms with E-state index in [0.717, 1.165) is 10.4 Å². The summed E-state index contributed by atoms with van der Waals surface area (Å²) in [5.41, 5.74) is 2.65. The SMILES string of the molecule is Cc1ccsc1CN(CCc1ccc(Cl)cc1Cl)C(=O)c1ccccc1Cl. The van der Waals surface area contributed by atoms with Crippen LogP contribution in [0, 0.1) is 6.92 Å². The minimum absolute atomic E-state index is 0.0847. The number of hydrogen-bond acceptors (Lipinski definition) is 2. The number of aryl methyl sites for hydroxylation is 1. The molecule has 3 rings (SSSR count). The van der Waals surface area contributed by atoms with Crippen LogP contribution >= 0.6 is 46.1 Å². The Hall–Kier alpha value is -1.52. The van der Waals surface area contributed by atoms with Crippen LogP contribution in [0.5, 0.6) is 0 Å². The van der Waals surface area contributed by atoms with Crippen LogP contribution in [0.3, 0.4) is 0 Å². The van der Waals surface area contributed by atoms with Crippen molar-refractivity contribution in [1.82, 2.24) is 4.90 Å². The predicted octanol–water partition coefficient (Wildman–Crippen LogP) is 6.90. The lowest BCUT2D eigenvalue weighted by Crippen LogP contribution is -2.32. The molecule has 0 aliphatic carbocycles. The first kappa shape index (κ1) is 20.2. The van der Waals surface area contributed by atoms with Crippen molar-refractivity contribution >= 4 is 52.0 Å². The van der Waals surface area contributed by atoms with Crippen molar-refractivity contribution in [3.8, 4) is 0 Å². The van der Waals surface area contributed by atoms with Crippen molar-refractivity contribution in [2.24, 2.45) is 0 Å². The highest BCUT2D eigenvalue weighted by Gasteiger charge is 2.20. The third-order valence-electron chi connectivity index (χ3n) is 4.36. The number of hydrogen-bond donors (Lipinski definition) is 0. The van der Waals surface area contributed by atoms with Gasteiger partial charge in [0.1, 0.15) is 0 Å². The highest BCUT2D eigenvalue weighted by atomic mass is 35.5. The summed E-state index contributed by atoms with van der Waals surface area (Å²) in [6.45, 7) is 3.13. The van der Waals surface area contributed by atoms with E-state index in [1.807, 2.05) is 34.5 Å². The number of halogens is 3. The first-order chi connectivity index (χ1) is 13.0. The number of benzene rings is 2. The molecule has 1 amide bonds. The summed E-state index contributed by atoms with van der Waals surface area (Å²) in [5.74, 6) is -0.0847. The van der Waals surface area contributed by atoms with Crippen molar-refractivity contribution in [3.05, 3.63) is 90.5 Å². The second-order valence-electron chi connectivity index (χ2n) is 6.22. The fraction of sp³-hybridized carbons (Fsp3) is 0.190. The molecule has 140 valence electrons. The van der Waals surface area contributed by atoms with Crippen molar-refractivity contribution in [1.29, 1.82) is 0 Å². The van der Waals surface area contributed by atoms with Gasteiger partial charge < -0.3 is 4.90 Å². The molecule has 0 aliphatic rings. The van der Waals surface area contributed by atoms with E-state index < -0.39 is 0 Å². The molecule has 0 atom stereocenters. The largest absolute Gasteiger partial charge is 0.333 e. The van der Waals surface area contributed by atoms with Crippen LogP contribution in [0.1, 0.15) is 26.4 Å². The highest BCUT2D eigenvalue weighted by molar-refractivity contribution is 7.10. The molecule has 0 saturated heterocycles. The van der Waals surface area contributed by atoms with Crippen LogP contribution in [0.2, 0.25) is 15.1 Å². The van der Waals surface area contributed by atoms with Gasteiger partial charge in [0.25, 0.3) is 5.91 Å². The Morgan fingerprint density at radius 2 is 1.81 bits per heavy atom. The Kier molecular flexibility index (Phi) is 6.83. The number of rotatable bonds is 6.